The van der Waals surface area contributed by atoms with Gasteiger partial charge in [0.15, 0.2) is 0 Å². The fourth-order valence-corrected chi connectivity index (χ4v) is 1.93. The van der Waals surface area contributed by atoms with Crippen LogP contribution in [0, 0.1) is 5.92 Å². The predicted molar refractivity (Wildman–Crippen MR) is 49.1 cm³/mol. The van der Waals surface area contributed by atoms with E-state index in [-0.39, 0.29) is 24.2 Å². The lowest BCUT2D eigenvalue weighted by Crippen LogP contribution is -2.43. The largest absolute Gasteiger partial charge is 0.369 e. The van der Waals surface area contributed by atoms with Crippen LogP contribution >= 0.6 is 12.4 Å². The minimum absolute atomic E-state index is 0. The van der Waals surface area contributed by atoms with E-state index in [4.69, 9.17) is 5.73 Å². The van der Waals surface area contributed by atoms with Crippen LogP contribution in [0.2, 0.25) is 0 Å². The van der Waals surface area contributed by atoms with Crippen molar-refractivity contribution in [2.75, 3.05) is 6.54 Å². The molecule has 3 N–H and O–H groups in total. The summed E-state index contributed by atoms with van der Waals surface area (Å²) in [5.41, 5.74) is 5.58. The number of nitrogens with one attached hydrogen (secondary N) is 1. The molecule has 1 saturated heterocycles. The van der Waals surface area contributed by atoms with Crippen molar-refractivity contribution in [2.24, 2.45) is 11.7 Å². The van der Waals surface area contributed by atoms with Crippen LogP contribution in [0.3, 0.4) is 0 Å². The SMILES string of the molecule is Cl.NC(=O)C1CCNC2(CC2)C1. The second kappa shape index (κ2) is 3.23. The Morgan fingerprint density at radius 2 is 2.17 bits per heavy atom. The summed E-state index contributed by atoms with van der Waals surface area (Å²) in [7, 11) is 0. The molecule has 12 heavy (non-hydrogen) atoms. The summed E-state index contributed by atoms with van der Waals surface area (Å²) in [5.74, 6) is 0.0246. The molecular weight excluding hydrogens is 176 g/mol. The molecule has 0 aromatic heterocycles. The van der Waals surface area contributed by atoms with Crippen molar-refractivity contribution >= 4 is 18.3 Å². The molecule has 2 rings (SSSR count). The van der Waals surface area contributed by atoms with Gasteiger partial charge in [-0.3, -0.25) is 4.79 Å². The van der Waals surface area contributed by atoms with Crippen LogP contribution in [-0.4, -0.2) is 18.0 Å². The lowest BCUT2D eigenvalue weighted by Gasteiger charge is -2.28. The van der Waals surface area contributed by atoms with Crippen LogP contribution in [0.4, 0.5) is 0 Å². The van der Waals surface area contributed by atoms with Crippen LogP contribution in [0.25, 0.3) is 0 Å². The zero-order chi connectivity index (χ0) is 7.90. The average molecular weight is 191 g/mol. The van der Waals surface area contributed by atoms with Gasteiger partial charge >= 0.3 is 0 Å². The number of rotatable bonds is 1. The van der Waals surface area contributed by atoms with Crippen molar-refractivity contribution in [1.82, 2.24) is 5.32 Å². The normalized spacial score (nSPS) is 30.8. The molecule has 1 heterocycles. The fourth-order valence-electron chi connectivity index (χ4n) is 1.93. The van der Waals surface area contributed by atoms with Gasteiger partial charge in [0.25, 0.3) is 0 Å². The zero-order valence-electron chi connectivity index (χ0n) is 7.01. The highest BCUT2D eigenvalue weighted by atomic mass is 35.5. The van der Waals surface area contributed by atoms with Gasteiger partial charge in [0.1, 0.15) is 0 Å². The third-order valence-corrected chi connectivity index (χ3v) is 2.89. The number of amides is 1. The Morgan fingerprint density at radius 1 is 1.50 bits per heavy atom. The topological polar surface area (TPSA) is 55.1 Å². The van der Waals surface area contributed by atoms with Crippen molar-refractivity contribution < 1.29 is 4.79 Å². The molecule has 70 valence electrons. The van der Waals surface area contributed by atoms with Gasteiger partial charge in [-0.1, -0.05) is 0 Å². The van der Waals surface area contributed by atoms with Gasteiger partial charge < -0.3 is 11.1 Å². The predicted octanol–water partition coefficient (Wildman–Crippen LogP) is 0.426. The third-order valence-electron chi connectivity index (χ3n) is 2.89. The van der Waals surface area contributed by atoms with Crippen LogP contribution in [-0.2, 0) is 4.79 Å². The maximum absolute atomic E-state index is 10.9. The highest BCUT2D eigenvalue weighted by molar-refractivity contribution is 5.85. The number of nitrogens with two attached hydrogens (primary N) is 1. The molecule has 1 unspecified atom stereocenters. The van der Waals surface area contributed by atoms with Gasteiger partial charge in [-0.05, 0) is 32.2 Å². The van der Waals surface area contributed by atoms with Gasteiger partial charge in [-0.2, -0.15) is 0 Å². The van der Waals surface area contributed by atoms with Gasteiger partial charge in [0.05, 0.1) is 0 Å². The van der Waals surface area contributed by atoms with Crippen molar-refractivity contribution in [3.8, 4) is 0 Å². The van der Waals surface area contributed by atoms with Crippen LogP contribution < -0.4 is 11.1 Å². The Balaban J connectivity index is 0.000000720. The highest BCUT2D eigenvalue weighted by Crippen LogP contribution is 2.43. The minimum Gasteiger partial charge on any atom is -0.369 e. The number of piperidine rings is 1. The molecule has 1 aliphatic carbocycles. The monoisotopic (exact) mass is 190 g/mol. The molecule has 4 heteroatoms. The number of halogens is 1. The van der Waals surface area contributed by atoms with E-state index in [1.807, 2.05) is 0 Å². The molecule has 3 nitrogen and oxygen atoms in total. The summed E-state index contributed by atoms with van der Waals surface area (Å²) in [4.78, 5) is 10.9. The first-order chi connectivity index (χ1) is 5.22. The van der Waals surface area contributed by atoms with E-state index in [1.54, 1.807) is 0 Å². The standard InChI is InChI=1S/C8H14N2O.ClH/c9-7(11)6-1-4-10-8(5-6)2-3-8;/h6,10H,1-5H2,(H2,9,11);1H. The number of carbonyl (C=O) groups excluding carboxylic acids is 1. The first-order valence-electron chi connectivity index (χ1n) is 4.26. The lowest BCUT2D eigenvalue weighted by molar-refractivity contribution is -0.123. The number of hydrogen-bond donors (Lipinski definition) is 2. The average Bonchev–Trinajstić information content (AvgIpc) is 2.69. The molecule has 2 aliphatic rings. The first kappa shape index (κ1) is 9.81. The Labute approximate surface area is 78.5 Å². The molecule has 0 aromatic rings. The molecule has 2 fully saturated rings. The summed E-state index contributed by atoms with van der Waals surface area (Å²) in [6.07, 6.45) is 4.37. The van der Waals surface area contributed by atoms with Crippen molar-refractivity contribution in [3.63, 3.8) is 0 Å². The smallest absolute Gasteiger partial charge is 0.220 e. The van der Waals surface area contributed by atoms with E-state index in [0.29, 0.717) is 5.54 Å². The Morgan fingerprint density at radius 3 is 2.67 bits per heavy atom. The maximum Gasteiger partial charge on any atom is 0.220 e. The Kier molecular flexibility index (Phi) is 2.64. The number of primary amides is 1. The van der Waals surface area contributed by atoms with Crippen LogP contribution in [0.15, 0.2) is 0 Å². The molecular formula is C8H15ClN2O. The van der Waals surface area contributed by atoms with Crippen molar-refractivity contribution in [2.45, 2.75) is 31.2 Å². The molecule has 0 radical (unpaired) electrons. The van der Waals surface area contributed by atoms with Crippen molar-refractivity contribution in [3.05, 3.63) is 0 Å². The van der Waals surface area contributed by atoms with Gasteiger partial charge in [0, 0.05) is 11.5 Å². The molecule has 0 bridgehead atoms. The van der Waals surface area contributed by atoms with Crippen molar-refractivity contribution in [1.29, 1.82) is 0 Å². The first-order valence-corrected chi connectivity index (χ1v) is 4.26. The molecule has 1 saturated carbocycles. The van der Waals surface area contributed by atoms with E-state index in [9.17, 15) is 4.79 Å². The van der Waals surface area contributed by atoms with Gasteiger partial charge in [-0.25, -0.2) is 0 Å². The second-order valence-corrected chi connectivity index (χ2v) is 3.80. The molecule has 1 amide bonds. The fraction of sp³-hybridized carbons (Fsp3) is 0.875. The quantitative estimate of drug-likeness (QED) is 0.630. The van der Waals surface area contributed by atoms with Gasteiger partial charge in [-0.15, -0.1) is 12.4 Å². The number of carbonyl (C=O) groups is 1. The van der Waals surface area contributed by atoms with E-state index < -0.39 is 0 Å². The Hall–Kier alpha value is -0.280. The molecule has 1 aliphatic heterocycles. The van der Waals surface area contributed by atoms with E-state index in [2.05, 4.69) is 5.32 Å². The van der Waals surface area contributed by atoms with E-state index in [0.717, 1.165) is 19.4 Å². The second-order valence-electron chi connectivity index (χ2n) is 3.80. The van der Waals surface area contributed by atoms with E-state index >= 15 is 0 Å². The summed E-state index contributed by atoms with van der Waals surface area (Å²) >= 11 is 0. The van der Waals surface area contributed by atoms with Gasteiger partial charge in [0.2, 0.25) is 5.91 Å². The maximum atomic E-state index is 10.9. The lowest BCUT2D eigenvalue weighted by atomic mass is 9.90. The molecule has 1 spiro atoms. The molecule has 1 atom stereocenters. The Bertz CT molecular complexity index is 191. The minimum atomic E-state index is -0.113. The summed E-state index contributed by atoms with van der Waals surface area (Å²) in [5, 5.41) is 3.45. The van der Waals surface area contributed by atoms with Crippen LogP contribution in [0.5, 0.6) is 0 Å². The summed E-state index contributed by atoms with van der Waals surface area (Å²) in [6, 6.07) is 0. The molecule has 0 aromatic carbocycles. The summed E-state index contributed by atoms with van der Waals surface area (Å²) < 4.78 is 0. The highest BCUT2D eigenvalue weighted by Gasteiger charge is 2.46. The number of hydrogen-bond acceptors (Lipinski definition) is 2. The van der Waals surface area contributed by atoms with Crippen LogP contribution in [0.1, 0.15) is 25.7 Å². The summed E-state index contributed by atoms with van der Waals surface area (Å²) in [6.45, 7) is 0.966. The zero-order valence-corrected chi connectivity index (χ0v) is 7.82. The third kappa shape index (κ3) is 1.72. The van der Waals surface area contributed by atoms with E-state index in [1.165, 1.54) is 12.8 Å².